The van der Waals surface area contributed by atoms with Crippen molar-refractivity contribution < 1.29 is 5.11 Å². The van der Waals surface area contributed by atoms with Gasteiger partial charge in [-0.1, -0.05) is 15.9 Å². The number of aliphatic hydroxyl groups is 1. The van der Waals surface area contributed by atoms with Crippen molar-refractivity contribution in [3.63, 3.8) is 0 Å². The van der Waals surface area contributed by atoms with Crippen molar-refractivity contribution in [3.8, 4) is 6.07 Å². The van der Waals surface area contributed by atoms with Gasteiger partial charge in [0, 0.05) is 22.1 Å². The van der Waals surface area contributed by atoms with Gasteiger partial charge in [0.25, 0.3) is 0 Å². The Hall–Kier alpha value is -1.05. The highest BCUT2D eigenvalue weighted by molar-refractivity contribution is 9.10. The summed E-state index contributed by atoms with van der Waals surface area (Å²) >= 11 is 3.37. The standard InChI is InChI=1S/C12H13BrN2O/c13-10-3-9(6-14)4-11(5-10)15-7-12(8-16)1-2-12/h3-5,15-16H,1-2,7-8H2. The minimum absolute atomic E-state index is 0.0785. The van der Waals surface area contributed by atoms with Crippen LogP contribution in [0.1, 0.15) is 18.4 Å². The molecule has 4 heteroatoms. The van der Waals surface area contributed by atoms with Crippen molar-refractivity contribution in [1.82, 2.24) is 0 Å². The molecule has 0 saturated heterocycles. The molecule has 0 aliphatic heterocycles. The van der Waals surface area contributed by atoms with Gasteiger partial charge in [-0.05, 0) is 31.0 Å². The molecule has 0 spiro atoms. The Kier molecular flexibility index (Phi) is 3.17. The highest BCUT2D eigenvalue weighted by atomic mass is 79.9. The van der Waals surface area contributed by atoms with Crippen LogP contribution >= 0.6 is 15.9 Å². The van der Waals surface area contributed by atoms with Gasteiger partial charge in [-0.15, -0.1) is 0 Å². The average Bonchev–Trinajstić information content (AvgIpc) is 3.06. The van der Waals surface area contributed by atoms with Gasteiger partial charge >= 0.3 is 0 Å². The molecule has 0 bridgehead atoms. The van der Waals surface area contributed by atoms with E-state index in [1.807, 2.05) is 12.1 Å². The van der Waals surface area contributed by atoms with E-state index in [-0.39, 0.29) is 12.0 Å². The summed E-state index contributed by atoms with van der Waals surface area (Å²) in [6, 6.07) is 7.65. The lowest BCUT2D eigenvalue weighted by molar-refractivity contribution is 0.220. The van der Waals surface area contributed by atoms with Gasteiger partial charge in [0.1, 0.15) is 0 Å². The van der Waals surface area contributed by atoms with E-state index in [1.54, 1.807) is 6.07 Å². The first-order valence-corrected chi connectivity index (χ1v) is 6.02. The zero-order valence-electron chi connectivity index (χ0n) is 8.83. The van der Waals surface area contributed by atoms with Crippen LogP contribution < -0.4 is 5.32 Å². The predicted octanol–water partition coefficient (Wildman–Crippen LogP) is 2.51. The Bertz CT molecular complexity index is 435. The molecular weight excluding hydrogens is 268 g/mol. The van der Waals surface area contributed by atoms with Crippen LogP contribution in [0.2, 0.25) is 0 Å². The smallest absolute Gasteiger partial charge is 0.0992 e. The fourth-order valence-corrected chi connectivity index (χ4v) is 2.11. The molecule has 1 aliphatic carbocycles. The highest BCUT2D eigenvalue weighted by Gasteiger charge is 2.41. The summed E-state index contributed by atoms with van der Waals surface area (Å²) in [4.78, 5) is 0. The number of aliphatic hydroxyl groups excluding tert-OH is 1. The number of nitrogens with zero attached hydrogens (tertiary/aromatic N) is 1. The van der Waals surface area contributed by atoms with E-state index >= 15 is 0 Å². The van der Waals surface area contributed by atoms with Crippen LogP contribution in [-0.4, -0.2) is 18.3 Å². The Morgan fingerprint density at radius 1 is 1.44 bits per heavy atom. The largest absolute Gasteiger partial charge is 0.396 e. The van der Waals surface area contributed by atoms with Gasteiger partial charge in [-0.3, -0.25) is 0 Å². The third-order valence-electron chi connectivity index (χ3n) is 2.99. The molecule has 84 valence electrons. The summed E-state index contributed by atoms with van der Waals surface area (Å²) in [5, 5.41) is 21.3. The topological polar surface area (TPSA) is 56.0 Å². The summed E-state index contributed by atoms with van der Waals surface area (Å²) in [6.07, 6.45) is 2.16. The quantitative estimate of drug-likeness (QED) is 0.891. The maximum atomic E-state index is 9.19. The summed E-state index contributed by atoms with van der Waals surface area (Å²) in [7, 11) is 0. The Morgan fingerprint density at radius 3 is 2.75 bits per heavy atom. The summed E-state index contributed by atoms with van der Waals surface area (Å²) in [6.45, 7) is 1.00. The van der Waals surface area contributed by atoms with Crippen molar-refractivity contribution in [1.29, 1.82) is 5.26 Å². The third kappa shape index (κ3) is 2.55. The van der Waals surface area contributed by atoms with Crippen LogP contribution in [0.3, 0.4) is 0 Å². The van der Waals surface area contributed by atoms with Crippen molar-refractivity contribution in [2.75, 3.05) is 18.5 Å². The number of hydrogen-bond acceptors (Lipinski definition) is 3. The lowest BCUT2D eigenvalue weighted by Gasteiger charge is -2.14. The summed E-state index contributed by atoms with van der Waals surface area (Å²) < 4.78 is 0.892. The van der Waals surface area contributed by atoms with Crippen LogP contribution in [-0.2, 0) is 0 Å². The van der Waals surface area contributed by atoms with E-state index < -0.39 is 0 Å². The van der Waals surface area contributed by atoms with E-state index in [0.717, 1.165) is 29.5 Å². The minimum atomic E-state index is 0.0785. The van der Waals surface area contributed by atoms with Gasteiger partial charge < -0.3 is 10.4 Å². The molecule has 0 amide bonds. The molecule has 0 unspecified atom stereocenters. The van der Waals surface area contributed by atoms with E-state index in [9.17, 15) is 5.11 Å². The summed E-state index contributed by atoms with van der Waals surface area (Å²) in [5.74, 6) is 0. The van der Waals surface area contributed by atoms with E-state index in [1.165, 1.54) is 0 Å². The van der Waals surface area contributed by atoms with Gasteiger partial charge in [0.15, 0.2) is 0 Å². The first kappa shape index (κ1) is 11.4. The van der Waals surface area contributed by atoms with Crippen molar-refractivity contribution in [2.45, 2.75) is 12.8 Å². The highest BCUT2D eigenvalue weighted by Crippen LogP contribution is 2.44. The predicted molar refractivity (Wildman–Crippen MR) is 66.1 cm³/mol. The van der Waals surface area contributed by atoms with Crippen LogP contribution in [0.4, 0.5) is 5.69 Å². The lowest BCUT2D eigenvalue weighted by Crippen LogP contribution is -2.19. The fourth-order valence-electron chi connectivity index (χ4n) is 1.61. The van der Waals surface area contributed by atoms with Crippen LogP contribution in [0, 0.1) is 16.7 Å². The maximum Gasteiger partial charge on any atom is 0.0992 e. The van der Waals surface area contributed by atoms with E-state index in [0.29, 0.717) is 5.56 Å². The molecule has 0 atom stereocenters. The zero-order chi connectivity index (χ0) is 11.6. The molecule has 16 heavy (non-hydrogen) atoms. The summed E-state index contributed by atoms with van der Waals surface area (Å²) in [5.41, 5.74) is 1.63. The molecule has 2 rings (SSSR count). The number of hydrogen-bond donors (Lipinski definition) is 2. The molecule has 1 aromatic carbocycles. The SMILES string of the molecule is N#Cc1cc(Br)cc(NCC2(CO)CC2)c1. The molecule has 2 N–H and O–H groups in total. The van der Waals surface area contributed by atoms with Gasteiger partial charge in [-0.25, -0.2) is 0 Å². The number of nitriles is 1. The Labute approximate surface area is 103 Å². The number of halogens is 1. The third-order valence-corrected chi connectivity index (χ3v) is 3.44. The number of anilines is 1. The first-order valence-electron chi connectivity index (χ1n) is 5.23. The molecule has 0 aromatic heterocycles. The molecule has 1 aromatic rings. The first-order chi connectivity index (χ1) is 7.67. The second-order valence-corrected chi connectivity index (χ2v) is 5.27. The van der Waals surface area contributed by atoms with Crippen LogP contribution in [0.15, 0.2) is 22.7 Å². The molecule has 1 saturated carbocycles. The molecule has 3 nitrogen and oxygen atoms in total. The molecule has 1 aliphatic rings. The molecular formula is C12H13BrN2O. The maximum absolute atomic E-state index is 9.19. The molecule has 0 heterocycles. The van der Waals surface area contributed by atoms with E-state index in [4.69, 9.17) is 5.26 Å². The van der Waals surface area contributed by atoms with Crippen molar-refractivity contribution in [3.05, 3.63) is 28.2 Å². The fraction of sp³-hybridized carbons (Fsp3) is 0.417. The monoisotopic (exact) mass is 280 g/mol. The van der Waals surface area contributed by atoms with Crippen LogP contribution in [0.5, 0.6) is 0 Å². The Balaban J connectivity index is 2.04. The number of benzene rings is 1. The van der Waals surface area contributed by atoms with Gasteiger partial charge in [-0.2, -0.15) is 5.26 Å². The lowest BCUT2D eigenvalue weighted by atomic mass is 10.1. The van der Waals surface area contributed by atoms with Crippen LogP contribution in [0.25, 0.3) is 0 Å². The van der Waals surface area contributed by atoms with Gasteiger partial charge in [0.2, 0.25) is 0 Å². The molecule has 0 radical (unpaired) electrons. The van der Waals surface area contributed by atoms with Gasteiger partial charge in [0.05, 0.1) is 18.2 Å². The average molecular weight is 281 g/mol. The van der Waals surface area contributed by atoms with E-state index in [2.05, 4.69) is 27.3 Å². The second-order valence-electron chi connectivity index (χ2n) is 4.35. The normalized spacial score (nSPS) is 16.6. The van der Waals surface area contributed by atoms with Crippen molar-refractivity contribution >= 4 is 21.6 Å². The molecule has 1 fully saturated rings. The number of rotatable bonds is 4. The van der Waals surface area contributed by atoms with Crippen molar-refractivity contribution in [2.24, 2.45) is 5.41 Å². The number of nitrogens with one attached hydrogen (secondary N) is 1. The minimum Gasteiger partial charge on any atom is -0.396 e. The second kappa shape index (κ2) is 4.44. The zero-order valence-corrected chi connectivity index (χ0v) is 10.4. The Morgan fingerprint density at radius 2 is 2.19 bits per heavy atom.